The molecule has 11 heteroatoms. The van der Waals surface area contributed by atoms with Crippen molar-refractivity contribution < 1.29 is 28.3 Å². The molecule has 2 amide bonds. The number of carboxylic acids is 1. The number of rotatable bonds is 5. The summed E-state index contributed by atoms with van der Waals surface area (Å²) in [5.41, 5.74) is 0.146. The molecule has 3 N–H and O–H groups in total. The highest BCUT2D eigenvalue weighted by atomic mass is 35.5. The van der Waals surface area contributed by atoms with Crippen molar-refractivity contribution in [2.75, 3.05) is 17.3 Å². The topological polar surface area (TPSA) is 115 Å². The fourth-order valence-corrected chi connectivity index (χ4v) is 2.73. The summed E-state index contributed by atoms with van der Waals surface area (Å²) in [7, 11) is 1.46. The lowest BCUT2D eigenvalue weighted by molar-refractivity contribution is 0.0696. The Labute approximate surface area is 173 Å². The number of hydrogen-bond acceptors (Lipinski definition) is 4. The van der Waals surface area contributed by atoms with Gasteiger partial charge < -0.3 is 15.3 Å². The van der Waals surface area contributed by atoms with Gasteiger partial charge >= 0.3 is 5.97 Å². The minimum atomic E-state index is -1.24. The molecule has 1 heterocycles. The van der Waals surface area contributed by atoms with Crippen LogP contribution in [0.5, 0.6) is 0 Å². The van der Waals surface area contributed by atoms with Crippen LogP contribution < -0.4 is 10.2 Å². The molecule has 0 spiro atoms. The van der Waals surface area contributed by atoms with Crippen molar-refractivity contribution in [2.45, 2.75) is 0 Å². The van der Waals surface area contributed by atoms with E-state index in [1.165, 1.54) is 42.3 Å². The summed E-state index contributed by atoms with van der Waals surface area (Å²) in [6.45, 7) is 0. The third kappa shape index (κ3) is 4.28. The lowest BCUT2D eigenvalue weighted by Gasteiger charge is -2.15. The molecule has 2 aromatic carbocycles. The van der Waals surface area contributed by atoms with E-state index in [-0.39, 0.29) is 27.7 Å². The summed E-state index contributed by atoms with van der Waals surface area (Å²) in [6, 6.07) is 8.20. The van der Waals surface area contributed by atoms with Crippen LogP contribution >= 0.6 is 11.6 Å². The van der Waals surface area contributed by atoms with Gasteiger partial charge in [0.1, 0.15) is 5.82 Å². The molecule has 30 heavy (non-hydrogen) atoms. The number of H-pyrrole nitrogens is 1. The molecule has 3 aromatic rings. The smallest absolute Gasteiger partial charge is 0.335 e. The van der Waals surface area contributed by atoms with Gasteiger partial charge in [-0.05, 0) is 36.4 Å². The molecule has 1 aromatic heterocycles. The van der Waals surface area contributed by atoms with E-state index in [0.29, 0.717) is 17.8 Å². The first-order chi connectivity index (χ1) is 14.2. The lowest BCUT2D eigenvalue weighted by atomic mass is 10.2. The number of hydrogen-bond donors (Lipinski definition) is 3. The van der Waals surface area contributed by atoms with Crippen LogP contribution in [0, 0.1) is 11.6 Å². The number of aromatic carboxylic acids is 1. The quantitative estimate of drug-likeness (QED) is 0.531. The second kappa shape index (κ2) is 8.29. The van der Waals surface area contributed by atoms with Crippen molar-refractivity contribution in [2.24, 2.45) is 0 Å². The molecular weight excluding hydrogens is 422 g/mol. The lowest BCUT2D eigenvalue weighted by Crippen LogP contribution is -2.26. The van der Waals surface area contributed by atoms with E-state index < -0.39 is 29.4 Å². The van der Waals surface area contributed by atoms with E-state index in [0.717, 1.165) is 0 Å². The van der Waals surface area contributed by atoms with Crippen LogP contribution in [0.25, 0.3) is 0 Å². The number of nitrogens with zero attached hydrogens (tertiary/aromatic N) is 2. The van der Waals surface area contributed by atoms with Crippen LogP contribution in [0.2, 0.25) is 5.02 Å². The summed E-state index contributed by atoms with van der Waals surface area (Å²) >= 11 is 5.77. The van der Waals surface area contributed by atoms with Gasteiger partial charge in [-0.1, -0.05) is 11.6 Å². The van der Waals surface area contributed by atoms with Crippen molar-refractivity contribution in [1.29, 1.82) is 0 Å². The number of aromatic nitrogens is 2. The molecule has 0 unspecified atom stereocenters. The first-order valence-corrected chi connectivity index (χ1v) is 8.68. The van der Waals surface area contributed by atoms with E-state index in [1.807, 2.05) is 0 Å². The molecule has 0 fully saturated rings. The average molecular weight is 435 g/mol. The highest BCUT2D eigenvalue weighted by Crippen LogP contribution is 2.22. The Bertz CT molecular complexity index is 1150. The zero-order valence-electron chi connectivity index (χ0n) is 15.2. The van der Waals surface area contributed by atoms with E-state index in [9.17, 15) is 23.2 Å². The number of aromatic amines is 1. The van der Waals surface area contributed by atoms with Gasteiger partial charge in [-0.2, -0.15) is 5.10 Å². The Morgan fingerprint density at radius 3 is 2.37 bits per heavy atom. The second-order valence-electron chi connectivity index (χ2n) is 6.08. The van der Waals surface area contributed by atoms with E-state index >= 15 is 0 Å². The molecule has 0 atom stereocenters. The number of carbonyl (C=O) groups excluding carboxylic acids is 2. The molecule has 0 saturated carbocycles. The van der Waals surface area contributed by atoms with Gasteiger partial charge in [-0.15, -0.1) is 0 Å². The molecule has 0 aliphatic heterocycles. The number of halogens is 3. The molecule has 0 saturated heterocycles. The Morgan fingerprint density at radius 2 is 1.73 bits per heavy atom. The Kier molecular flexibility index (Phi) is 5.79. The zero-order valence-corrected chi connectivity index (χ0v) is 16.0. The van der Waals surface area contributed by atoms with Crippen LogP contribution in [0.3, 0.4) is 0 Å². The summed E-state index contributed by atoms with van der Waals surface area (Å²) in [5, 5.41) is 17.3. The van der Waals surface area contributed by atoms with Crippen LogP contribution in [0.15, 0.2) is 42.5 Å². The largest absolute Gasteiger partial charge is 0.478 e. The highest BCUT2D eigenvalue weighted by Gasteiger charge is 2.20. The van der Waals surface area contributed by atoms with Crippen molar-refractivity contribution in [3.63, 3.8) is 0 Å². The van der Waals surface area contributed by atoms with Gasteiger partial charge in [0.25, 0.3) is 11.8 Å². The normalized spacial score (nSPS) is 10.5. The minimum absolute atomic E-state index is 0.0266. The fraction of sp³-hybridized carbons (Fsp3) is 0.0526. The fourth-order valence-electron chi connectivity index (χ4n) is 2.50. The van der Waals surface area contributed by atoms with E-state index in [2.05, 4.69) is 15.5 Å². The number of nitrogens with one attached hydrogen (secondary N) is 2. The molecule has 0 aliphatic rings. The molecule has 154 valence electrons. The third-order valence-electron chi connectivity index (χ3n) is 4.11. The van der Waals surface area contributed by atoms with Gasteiger partial charge in [-0.3, -0.25) is 14.7 Å². The predicted molar refractivity (Wildman–Crippen MR) is 104 cm³/mol. The van der Waals surface area contributed by atoms with Crippen LogP contribution in [0.1, 0.15) is 31.2 Å². The summed E-state index contributed by atoms with van der Waals surface area (Å²) in [6.07, 6.45) is 0. The Balaban J connectivity index is 1.74. The standard InChI is InChI=1S/C19H13ClF2N4O4/c1-26(10-4-2-9(3-5-10)19(29)30)18(28)15-8-16(25-24-15)23-17(27)11-6-13(21)14(22)7-12(11)20/h2-8H,1H3,(H,29,30)(H2,23,24,25,27). The van der Waals surface area contributed by atoms with Crippen molar-refractivity contribution in [3.05, 3.63) is 75.9 Å². The number of anilines is 2. The van der Waals surface area contributed by atoms with Gasteiger partial charge in [0.15, 0.2) is 17.3 Å². The molecule has 0 aliphatic carbocycles. The maximum Gasteiger partial charge on any atom is 0.335 e. The van der Waals surface area contributed by atoms with Crippen molar-refractivity contribution in [1.82, 2.24) is 10.2 Å². The number of amides is 2. The van der Waals surface area contributed by atoms with Gasteiger partial charge in [0, 0.05) is 18.8 Å². The molecule has 0 bridgehead atoms. The van der Waals surface area contributed by atoms with Gasteiger partial charge in [-0.25, -0.2) is 13.6 Å². The molecular formula is C19H13ClF2N4O4. The minimum Gasteiger partial charge on any atom is -0.478 e. The SMILES string of the molecule is CN(C(=O)c1cc(NC(=O)c2cc(F)c(F)cc2Cl)[nH]n1)c1ccc(C(=O)O)cc1. The number of carboxylic acid groups (broad SMARTS) is 1. The predicted octanol–water partition coefficient (Wildman–Crippen LogP) is 3.57. The summed E-state index contributed by atoms with van der Waals surface area (Å²) in [5.74, 6) is -4.87. The van der Waals surface area contributed by atoms with Crippen LogP contribution in [-0.2, 0) is 0 Å². The van der Waals surface area contributed by atoms with Crippen LogP contribution in [0.4, 0.5) is 20.3 Å². The maximum absolute atomic E-state index is 13.4. The molecule has 8 nitrogen and oxygen atoms in total. The first-order valence-electron chi connectivity index (χ1n) is 8.30. The van der Waals surface area contributed by atoms with Crippen molar-refractivity contribution in [3.8, 4) is 0 Å². The second-order valence-corrected chi connectivity index (χ2v) is 6.49. The van der Waals surface area contributed by atoms with E-state index in [4.69, 9.17) is 16.7 Å². The van der Waals surface area contributed by atoms with Gasteiger partial charge in [0.05, 0.1) is 16.1 Å². The number of benzene rings is 2. The van der Waals surface area contributed by atoms with Crippen LogP contribution in [-0.4, -0.2) is 40.1 Å². The highest BCUT2D eigenvalue weighted by molar-refractivity contribution is 6.34. The third-order valence-corrected chi connectivity index (χ3v) is 4.42. The molecule has 3 rings (SSSR count). The van der Waals surface area contributed by atoms with Gasteiger partial charge in [0.2, 0.25) is 0 Å². The monoisotopic (exact) mass is 434 g/mol. The summed E-state index contributed by atoms with van der Waals surface area (Å²) < 4.78 is 26.5. The number of carbonyl (C=O) groups is 3. The Hall–Kier alpha value is -3.79. The zero-order chi connectivity index (χ0) is 22.0. The average Bonchev–Trinajstić information content (AvgIpc) is 3.18. The first kappa shape index (κ1) is 20.9. The molecule has 0 radical (unpaired) electrons. The van der Waals surface area contributed by atoms with Crippen molar-refractivity contribution >= 4 is 40.9 Å². The Morgan fingerprint density at radius 1 is 1.10 bits per heavy atom. The maximum atomic E-state index is 13.4. The van der Waals surface area contributed by atoms with E-state index in [1.54, 1.807) is 0 Å². The summed E-state index contributed by atoms with van der Waals surface area (Å²) in [4.78, 5) is 37.0.